The summed E-state index contributed by atoms with van der Waals surface area (Å²) >= 11 is 0. The molecule has 0 spiro atoms. The van der Waals surface area contributed by atoms with Gasteiger partial charge in [-0.2, -0.15) is 0 Å². The summed E-state index contributed by atoms with van der Waals surface area (Å²) in [6, 6.07) is 10.1. The van der Waals surface area contributed by atoms with Crippen LogP contribution in [0.4, 0.5) is 0 Å². The van der Waals surface area contributed by atoms with Gasteiger partial charge in [-0.05, 0) is 24.3 Å². The van der Waals surface area contributed by atoms with Gasteiger partial charge in [0.05, 0.1) is 5.92 Å². The summed E-state index contributed by atoms with van der Waals surface area (Å²) in [5, 5.41) is 8.87. The molecule has 0 fully saturated rings. The van der Waals surface area contributed by atoms with Crippen molar-refractivity contribution < 1.29 is 31.0 Å². The van der Waals surface area contributed by atoms with E-state index in [1.54, 1.807) is 6.92 Å². The summed E-state index contributed by atoms with van der Waals surface area (Å²) in [5.41, 5.74) is 1.24. The van der Waals surface area contributed by atoms with Crippen LogP contribution in [0.1, 0.15) is 38.2 Å². The Balaban J connectivity index is 0.00000225. The molecule has 0 aliphatic heterocycles. The van der Waals surface area contributed by atoms with Crippen LogP contribution in [-0.2, 0) is 25.9 Å². The molecular weight excluding hydrogens is 372 g/mol. The first kappa shape index (κ1) is 15.4. The number of hydrogen-bond acceptors (Lipinski definition) is 1. The SMILES string of the molecule is CCC(CC(C)C(=O)O)c1ccccc1.[W]. The quantitative estimate of drug-likeness (QED) is 0.838. The maximum atomic E-state index is 10.8. The van der Waals surface area contributed by atoms with E-state index in [0.29, 0.717) is 5.92 Å². The zero-order valence-electron chi connectivity index (χ0n) is 9.72. The van der Waals surface area contributed by atoms with Gasteiger partial charge in [-0.15, -0.1) is 0 Å². The van der Waals surface area contributed by atoms with Gasteiger partial charge in [0.2, 0.25) is 0 Å². The van der Waals surface area contributed by atoms with E-state index in [9.17, 15) is 4.79 Å². The fourth-order valence-corrected chi connectivity index (χ4v) is 1.79. The zero-order valence-corrected chi connectivity index (χ0v) is 12.7. The smallest absolute Gasteiger partial charge is 0.306 e. The Morgan fingerprint density at radius 2 is 1.88 bits per heavy atom. The summed E-state index contributed by atoms with van der Waals surface area (Å²) < 4.78 is 0. The molecule has 1 aromatic carbocycles. The van der Waals surface area contributed by atoms with Crippen molar-refractivity contribution in [2.45, 2.75) is 32.6 Å². The van der Waals surface area contributed by atoms with E-state index in [1.165, 1.54) is 5.56 Å². The molecule has 1 aromatic rings. The predicted molar refractivity (Wildman–Crippen MR) is 60.9 cm³/mol. The van der Waals surface area contributed by atoms with E-state index in [4.69, 9.17) is 5.11 Å². The Morgan fingerprint density at radius 3 is 2.31 bits per heavy atom. The van der Waals surface area contributed by atoms with Crippen LogP contribution >= 0.6 is 0 Å². The third-order valence-electron chi connectivity index (χ3n) is 2.82. The Hall–Kier alpha value is -0.622. The molecule has 88 valence electrons. The van der Waals surface area contributed by atoms with E-state index < -0.39 is 5.97 Å². The molecule has 0 heterocycles. The number of aliphatic carboxylic acids is 1. The molecule has 0 amide bonds. The standard InChI is InChI=1S/C13H18O2.W/c1-3-11(9-10(2)13(14)15)12-7-5-4-6-8-12;/h4-8,10-11H,3,9H2,1-2H3,(H,14,15);. The van der Waals surface area contributed by atoms with Crippen molar-refractivity contribution in [1.29, 1.82) is 0 Å². The molecule has 0 saturated heterocycles. The van der Waals surface area contributed by atoms with Gasteiger partial charge in [0.25, 0.3) is 0 Å². The first-order valence-electron chi connectivity index (χ1n) is 5.42. The Bertz CT molecular complexity index is 311. The van der Waals surface area contributed by atoms with Crippen molar-refractivity contribution in [3.05, 3.63) is 35.9 Å². The van der Waals surface area contributed by atoms with Gasteiger partial charge in [-0.1, -0.05) is 44.2 Å². The molecule has 0 saturated carbocycles. The van der Waals surface area contributed by atoms with E-state index in [1.807, 2.05) is 18.2 Å². The summed E-state index contributed by atoms with van der Waals surface area (Å²) in [5.74, 6) is -0.614. The fourth-order valence-electron chi connectivity index (χ4n) is 1.79. The molecule has 3 heteroatoms. The van der Waals surface area contributed by atoms with Crippen molar-refractivity contribution in [3.63, 3.8) is 0 Å². The molecule has 2 nitrogen and oxygen atoms in total. The van der Waals surface area contributed by atoms with Crippen LogP contribution in [0.2, 0.25) is 0 Å². The van der Waals surface area contributed by atoms with Crippen LogP contribution in [0, 0.1) is 5.92 Å². The molecule has 0 radical (unpaired) electrons. The molecule has 2 unspecified atom stereocenters. The van der Waals surface area contributed by atoms with E-state index in [2.05, 4.69) is 19.1 Å². The van der Waals surface area contributed by atoms with Crippen molar-refractivity contribution in [3.8, 4) is 0 Å². The summed E-state index contributed by atoms with van der Waals surface area (Å²) in [7, 11) is 0. The molecule has 0 aromatic heterocycles. The average Bonchev–Trinajstić information content (AvgIpc) is 2.26. The van der Waals surface area contributed by atoms with Crippen LogP contribution < -0.4 is 0 Å². The number of carboxylic acids is 1. The first-order valence-corrected chi connectivity index (χ1v) is 5.42. The van der Waals surface area contributed by atoms with Gasteiger partial charge in [0.1, 0.15) is 0 Å². The third-order valence-corrected chi connectivity index (χ3v) is 2.82. The Labute approximate surface area is 111 Å². The van der Waals surface area contributed by atoms with Crippen LogP contribution in [0.15, 0.2) is 30.3 Å². The minimum Gasteiger partial charge on any atom is -0.481 e. The van der Waals surface area contributed by atoms with Crippen molar-refractivity contribution in [1.82, 2.24) is 0 Å². The van der Waals surface area contributed by atoms with Crippen LogP contribution in [0.5, 0.6) is 0 Å². The second-order valence-electron chi connectivity index (χ2n) is 3.99. The maximum absolute atomic E-state index is 10.8. The second-order valence-corrected chi connectivity index (χ2v) is 3.99. The molecule has 0 aliphatic rings. The normalized spacial score (nSPS) is 13.6. The van der Waals surface area contributed by atoms with Crippen molar-refractivity contribution in [2.24, 2.45) is 5.92 Å². The minimum absolute atomic E-state index is 0. The molecule has 1 N–H and O–H groups in total. The van der Waals surface area contributed by atoms with Crippen LogP contribution in [-0.4, -0.2) is 11.1 Å². The molecule has 16 heavy (non-hydrogen) atoms. The molecule has 0 aliphatic carbocycles. The first-order chi connectivity index (χ1) is 7.15. The van der Waals surface area contributed by atoms with Gasteiger partial charge in [-0.3, -0.25) is 4.79 Å². The number of benzene rings is 1. The largest absolute Gasteiger partial charge is 0.481 e. The van der Waals surface area contributed by atoms with Gasteiger partial charge in [0.15, 0.2) is 0 Å². The minimum atomic E-state index is -0.704. The van der Waals surface area contributed by atoms with Gasteiger partial charge in [0, 0.05) is 21.1 Å². The molecule has 1 rings (SSSR count). The molecular formula is C13H18O2W. The summed E-state index contributed by atoms with van der Waals surface area (Å²) in [6.07, 6.45) is 1.71. The van der Waals surface area contributed by atoms with E-state index >= 15 is 0 Å². The van der Waals surface area contributed by atoms with Crippen molar-refractivity contribution in [2.75, 3.05) is 0 Å². The predicted octanol–water partition coefficient (Wildman–Crippen LogP) is 3.29. The monoisotopic (exact) mass is 390 g/mol. The summed E-state index contributed by atoms with van der Waals surface area (Å²) in [6.45, 7) is 3.88. The van der Waals surface area contributed by atoms with E-state index in [0.717, 1.165) is 12.8 Å². The number of rotatable bonds is 5. The van der Waals surface area contributed by atoms with Crippen LogP contribution in [0.3, 0.4) is 0 Å². The van der Waals surface area contributed by atoms with Crippen molar-refractivity contribution >= 4 is 5.97 Å². The second kappa shape index (κ2) is 7.62. The molecule has 2 atom stereocenters. The van der Waals surface area contributed by atoms with E-state index in [-0.39, 0.29) is 27.0 Å². The Kier molecular flexibility index (Phi) is 7.32. The summed E-state index contributed by atoms with van der Waals surface area (Å²) in [4.78, 5) is 10.8. The fraction of sp³-hybridized carbons (Fsp3) is 0.462. The van der Waals surface area contributed by atoms with Gasteiger partial charge >= 0.3 is 5.97 Å². The van der Waals surface area contributed by atoms with Crippen LogP contribution in [0.25, 0.3) is 0 Å². The maximum Gasteiger partial charge on any atom is 0.306 e. The van der Waals surface area contributed by atoms with Gasteiger partial charge in [-0.25, -0.2) is 0 Å². The third kappa shape index (κ3) is 4.49. The average molecular weight is 390 g/mol. The molecule has 0 bridgehead atoms. The van der Waals surface area contributed by atoms with Gasteiger partial charge < -0.3 is 5.11 Å². The Morgan fingerprint density at radius 1 is 1.31 bits per heavy atom. The number of carboxylic acid groups (broad SMARTS) is 1. The number of hydrogen-bond donors (Lipinski definition) is 1. The topological polar surface area (TPSA) is 37.3 Å². The zero-order chi connectivity index (χ0) is 11.3. The number of carbonyl (C=O) groups is 1.